The molecule has 0 bridgehead atoms. The average molecular weight is 465 g/mol. The monoisotopic (exact) mass is 464 g/mol. The van der Waals surface area contributed by atoms with Crippen molar-refractivity contribution in [2.24, 2.45) is 0 Å². The summed E-state index contributed by atoms with van der Waals surface area (Å²) < 4.78 is 7.61. The van der Waals surface area contributed by atoms with E-state index in [0.29, 0.717) is 41.1 Å². The standard InChI is InChI=1S/C21H22Cl2N4O2S/c22-15-6-7-17(18(23)12-15)19-14-30-21(25-19)27(13-16-4-2-11-29-16)20(28)5-1-9-26-10-3-8-24-26/h3,6-8,10,12,14,16H,1-2,4-5,9,11,13H2. The number of thiazole rings is 1. The molecular weight excluding hydrogens is 443 g/mol. The smallest absolute Gasteiger partial charge is 0.228 e. The molecule has 1 aliphatic heterocycles. The molecule has 30 heavy (non-hydrogen) atoms. The second-order valence-electron chi connectivity index (χ2n) is 7.15. The second kappa shape index (κ2) is 9.92. The van der Waals surface area contributed by atoms with E-state index in [-0.39, 0.29) is 12.0 Å². The molecule has 1 saturated heterocycles. The minimum absolute atomic E-state index is 0.0424. The molecule has 1 aliphatic rings. The van der Waals surface area contributed by atoms with Crippen molar-refractivity contribution < 1.29 is 9.53 Å². The third-order valence-electron chi connectivity index (χ3n) is 4.98. The SMILES string of the molecule is O=C(CCCn1cccn1)N(CC1CCCO1)c1nc(-c2ccc(Cl)cc2Cl)cs1. The van der Waals surface area contributed by atoms with Crippen LogP contribution in [0.4, 0.5) is 5.13 Å². The minimum Gasteiger partial charge on any atom is -0.376 e. The van der Waals surface area contributed by atoms with Gasteiger partial charge in [0.15, 0.2) is 5.13 Å². The Hall–Kier alpha value is -1.93. The number of hydrogen-bond acceptors (Lipinski definition) is 5. The molecular formula is C21H22Cl2N4O2S. The van der Waals surface area contributed by atoms with Gasteiger partial charge in [-0.3, -0.25) is 14.4 Å². The number of benzene rings is 1. The highest BCUT2D eigenvalue weighted by Crippen LogP contribution is 2.34. The Balaban J connectivity index is 1.50. The fourth-order valence-corrected chi connectivity index (χ4v) is 4.80. The fraction of sp³-hybridized carbons (Fsp3) is 0.381. The summed E-state index contributed by atoms with van der Waals surface area (Å²) in [5, 5.41) is 7.89. The Morgan fingerprint density at radius 2 is 2.27 bits per heavy atom. The first-order chi connectivity index (χ1) is 14.6. The number of ether oxygens (including phenoxy) is 1. The van der Waals surface area contributed by atoms with Gasteiger partial charge < -0.3 is 4.74 Å². The highest BCUT2D eigenvalue weighted by molar-refractivity contribution is 7.14. The van der Waals surface area contributed by atoms with Gasteiger partial charge in [0.1, 0.15) is 0 Å². The maximum atomic E-state index is 13.1. The van der Waals surface area contributed by atoms with E-state index in [1.807, 2.05) is 28.4 Å². The molecule has 9 heteroatoms. The van der Waals surface area contributed by atoms with E-state index in [2.05, 4.69) is 5.10 Å². The van der Waals surface area contributed by atoms with Crippen molar-refractivity contribution in [3.63, 3.8) is 0 Å². The Bertz CT molecular complexity index is 987. The topological polar surface area (TPSA) is 60.2 Å². The Labute approximate surface area is 189 Å². The fourth-order valence-electron chi connectivity index (χ4n) is 3.45. The van der Waals surface area contributed by atoms with Gasteiger partial charge in [-0.05, 0) is 43.5 Å². The lowest BCUT2D eigenvalue weighted by molar-refractivity contribution is -0.119. The molecule has 3 heterocycles. The Morgan fingerprint density at radius 1 is 1.37 bits per heavy atom. The first kappa shape index (κ1) is 21.3. The normalized spacial score (nSPS) is 16.1. The average Bonchev–Trinajstić information content (AvgIpc) is 3.48. The summed E-state index contributed by atoms with van der Waals surface area (Å²) in [5.74, 6) is 0.0424. The molecule has 0 saturated carbocycles. The lowest BCUT2D eigenvalue weighted by atomic mass is 10.2. The van der Waals surface area contributed by atoms with Crippen LogP contribution in [0.15, 0.2) is 42.0 Å². The van der Waals surface area contributed by atoms with Crippen molar-refractivity contribution in [2.75, 3.05) is 18.1 Å². The molecule has 1 atom stereocenters. The van der Waals surface area contributed by atoms with E-state index < -0.39 is 0 Å². The van der Waals surface area contributed by atoms with E-state index in [1.165, 1.54) is 11.3 Å². The van der Waals surface area contributed by atoms with Crippen molar-refractivity contribution in [3.05, 3.63) is 52.1 Å². The molecule has 1 aromatic carbocycles. The molecule has 4 rings (SSSR count). The van der Waals surface area contributed by atoms with Gasteiger partial charge in [0.05, 0.1) is 23.4 Å². The van der Waals surface area contributed by atoms with Crippen LogP contribution < -0.4 is 4.90 Å². The molecule has 3 aromatic rings. The summed E-state index contributed by atoms with van der Waals surface area (Å²) >= 11 is 13.8. The number of carbonyl (C=O) groups is 1. The number of aryl methyl sites for hydroxylation is 1. The van der Waals surface area contributed by atoms with Gasteiger partial charge in [-0.25, -0.2) is 4.98 Å². The van der Waals surface area contributed by atoms with Crippen molar-refractivity contribution in [1.82, 2.24) is 14.8 Å². The molecule has 2 aromatic heterocycles. The minimum atomic E-state index is 0.0424. The zero-order chi connectivity index (χ0) is 20.9. The number of rotatable bonds is 8. The van der Waals surface area contributed by atoms with Gasteiger partial charge in [-0.1, -0.05) is 23.2 Å². The van der Waals surface area contributed by atoms with E-state index in [9.17, 15) is 4.79 Å². The van der Waals surface area contributed by atoms with Crippen LogP contribution in [-0.2, 0) is 16.1 Å². The van der Waals surface area contributed by atoms with Gasteiger partial charge in [0, 0.05) is 47.9 Å². The van der Waals surface area contributed by atoms with Gasteiger partial charge in [0.25, 0.3) is 0 Å². The predicted molar refractivity (Wildman–Crippen MR) is 120 cm³/mol. The van der Waals surface area contributed by atoms with Gasteiger partial charge in [0.2, 0.25) is 5.91 Å². The maximum absolute atomic E-state index is 13.1. The first-order valence-electron chi connectivity index (χ1n) is 9.90. The lowest BCUT2D eigenvalue weighted by Crippen LogP contribution is -2.37. The summed E-state index contributed by atoms with van der Waals surface area (Å²) in [6.45, 7) is 1.97. The quantitative estimate of drug-likeness (QED) is 0.453. The van der Waals surface area contributed by atoms with Crippen LogP contribution in [0.5, 0.6) is 0 Å². The molecule has 6 nitrogen and oxygen atoms in total. The van der Waals surface area contributed by atoms with Crippen LogP contribution in [0, 0.1) is 0 Å². The van der Waals surface area contributed by atoms with Crippen LogP contribution in [0.25, 0.3) is 11.3 Å². The number of anilines is 1. The third kappa shape index (κ3) is 5.21. The van der Waals surface area contributed by atoms with Gasteiger partial charge >= 0.3 is 0 Å². The molecule has 0 aliphatic carbocycles. The number of carbonyl (C=O) groups excluding carboxylic acids is 1. The molecule has 0 radical (unpaired) electrons. The third-order valence-corrected chi connectivity index (χ3v) is 6.39. The molecule has 1 fully saturated rings. The number of nitrogens with zero attached hydrogens (tertiary/aromatic N) is 4. The van der Waals surface area contributed by atoms with E-state index in [0.717, 1.165) is 30.7 Å². The summed E-state index contributed by atoms with van der Waals surface area (Å²) in [7, 11) is 0. The highest BCUT2D eigenvalue weighted by Gasteiger charge is 2.26. The molecule has 1 unspecified atom stereocenters. The summed E-state index contributed by atoms with van der Waals surface area (Å²) in [5.41, 5.74) is 1.53. The number of amides is 1. The summed E-state index contributed by atoms with van der Waals surface area (Å²) in [6, 6.07) is 7.21. The molecule has 0 spiro atoms. The van der Waals surface area contributed by atoms with Gasteiger partial charge in [-0.15, -0.1) is 11.3 Å². The Kier molecular flexibility index (Phi) is 7.04. The highest BCUT2D eigenvalue weighted by atomic mass is 35.5. The number of halogens is 2. The van der Waals surface area contributed by atoms with Crippen LogP contribution in [0.1, 0.15) is 25.7 Å². The number of aromatic nitrogens is 3. The predicted octanol–water partition coefficient (Wildman–Crippen LogP) is 5.31. The van der Waals surface area contributed by atoms with Crippen molar-refractivity contribution in [2.45, 2.75) is 38.3 Å². The first-order valence-corrected chi connectivity index (χ1v) is 11.5. The van der Waals surface area contributed by atoms with Crippen molar-refractivity contribution >= 4 is 45.6 Å². The molecule has 1 amide bonds. The van der Waals surface area contributed by atoms with Crippen LogP contribution in [0.3, 0.4) is 0 Å². The summed E-state index contributed by atoms with van der Waals surface area (Å²) in [4.78, 5) is 19.6. The molecule has 158 valence electrons. The van der Waals surface area contributed by atoms with Crippen molar-refractivity contribution in [3.8, 4) is 11.3 Å². The number of hydrogen-bond donors (Lipinski definition) is 0. The maximum Gasteiger partial charge on any atom is 0.228 e. The Morgan fingerprint density at radius 3 is 3.00 bits per heavy atom. The van der Waals surface area contributed by atoms with Gasteiger partial charge in [-0.2, -0.15) is 5.10 Å². The molecule has 0 N–H and O–H groups in total. The van der Waals surface area contributed by atoms with E-state index in [4.69, 9.17) is 32.9 Å². The van der Waals surface area contributed by atoms with Crippen molar-refractivity contribution in [1.29, 1.82) is 0 Å². The van der Waals surface area contributed by atoms with E-state index in [1.54, 1.807) is 23.2 Å². The second-order valence-corrected chi connectivity index (χ2v) is 8.83. The largest absolute Gasteiger partial charge is 0.376 e. The zero-order valence-corrected chi connectivity index (χ0v) is 18.7. The lowest BCUT2D eigenvalue weighted by Gasteiger charge is -2.23. The van der Waals surface area contributed by atoms with Crippen LogP contribution >= 0.6 is 34.5 Å². The van der Waals surface area contributed by atoms with Crippen LogP contribution in [0.2, 0.25) is 10.0 Å². The zero-order valence-electron chi connectivity index (χ0n) is 16.3. The van der Waals surface area contributed by atoms with Crippen LogP contribution in [-0.4, -0.2) is 39.9 Å². The summed E-state index contributed by atoms with van der Waals surface area (Å²) in [6.07, 6.45) is 6.80. The van der Waals surface area contributed by atoms with E-state index >= 15 is 0 Å².